The van der Waals surface area contributed by atoms with E-state index in [1.165, 1.54) is 0 Å². The van der Waals surface area contributed by atoms with E-state index in [9.17, 15) is 0 Å². The van der Waals surface area contributed by atoms with Gasteiger partial charge in [0.2, 0.25) is 0 Å². The first kappa shape index (κ1) is 23.1. The number of benzene rings is 2. The molecule has 0 saturated heterocycles. The Hall–Kier alpha value is -4.00. The van der Waals surface area contributed by atoms with E-state index in [2.05, 4.69) is 162 Å². The number of hydrogen-bond donors (Lipinski definition) is 0. The standard InChI is InChI=1S/C32H20Br2N4/c33-21-1-9-27(10-2-21)37-29-13-14-30(37)18-24-6-8-26(36-24)20-32-16-15-31(19-25-7-5-23(17-29)35-25)38(32)28-11-3-22(34)4-12-28/h1-20H. The minimum atomic E-state index is 0.911. The van der Waals surface area contributed by atoms with Gasteiger partial charge in [0.15, 0.2) is 0 Å². The van der Waals surface area contributed by atoms with E-state index in [4.69, 9.17) is 9.97 Å². The summed E-state index contributed by atoms with van der Waals surface area (Å²) >= 11 is 7.11. The molecule has 5 heterocycles. The van der Waals surface area contributed by atoms with Crippen molar-refractivity contribution >= 4 is 78.2 Å². The molecule has 182 valence electrons. The summed E-state index contributed by atoms with van der Waals surface area (Å²) in [5.74, 6) is 0. The Morgan fingerprint density at radius 3 is 0.974 bits per heavy atom. The molecule has 2 aliphatic rings. The van der Waals surface area contributed by atoms with Crippen LogP contribution < -0.4 is 0 Å². The van der Waals surface area contributed by atoms with Crippen molar-refractivity contribution < 1.29 is 0 Å². The van der Waals surface area contributed by atoms with E-state index in [-0.39, 0.29) is 0 Å². The second-order valence-electron chi connectivity index (χ2n) is 9.16. The average Bonchev–Trinajstić information content (AvgIpc) is 3.71. The Balaban J connectivity index is 1.55. The zero-order chi connectivity index (χ0) is 25.6. The fourth-order valence-electron chi connectivity index (χ4n) is 4.88. The van der Waals surface area contributed by atoms with Gasteiger partial charge < -0.3 is 9.13 Å². The van der Waals surface area contributed by atoms with Crippen LogP contribution in [0.3, 0.4) is 0 Å². The van der Waals surface area contributed by atoms with Crippen LogP contribution in [0.5, 0.6) is 0 Å². The van der Waals surface area contributed by atoms with Gasteiger partial charge in [0.25, 0.3) is 0 Å². The Labute approximate surface area is 236 Å². The summed E-state index contributed by atoms with van der Waals surface area (Å²) in [6.07, 6.45) is 8.27. The molecule has 0 radical (unpaired) electrons. The zero-order valence-corrected chi connectivity index (χ0v) is 23.3. The van der Waals surface area contributed by atoms with Crippen molar-refractivity contribution in [3.63, 3.8) is 0 Å². The Bertz CT molecular complexity index is 1700. The first-order valence-electron chi connectivity index (χ1n) is 12.2. The third-order valence-corrected chi connectivity index (χ3v) is 7.66. The molecule has 0 N–H and O–H groups in total. The molecule has 3 aromatic heterocycles. The van der Waals surface area contributed by atoms with Crippen LogP contribution in [0.2, 0.25) is 0 Å². The van der Waals surface area contributed by atoms with Gasteiger partial charge in [-0.1, -0.05) is 31.9 Å². The predicted octanol–water partition coefficient (Wildman–Crippen LogP) is 9.11. The van der Waals surface area contributed by atoms with Crippen molar-refractivity contribution in [3.8, 4) is 11.4 Å². The minimum Gasteiger partial charge on any atom is -0.310 e. The van der Waals surface area contributed by atoms with E-state index in [1.807, 2.05) is 0 Å². The van der Waals surface area contributed by atoms with Crippen LogP contribution in [-0.2, 0) is 0 Å². The molecule has 38 heavy (non-hydrogen) atoms. The summed E-state index contributed by atoms with van der Waals surface area (Å²) in [6.45, 7) is 0. The number of nitrogens with zero attached hydrogens (tertiary/aromatic N) is 4. The highest BCUT2D eigenvalue weighted by atomic mass is 79.9. The summed E-state index contributed by atoms with van der Waals surface area (Å²) < 4.78 is 6.56. The predicted molar refractivity (Wildman–Crippen MR) is 164 cm³/mol. The van der Waals surface area contributed by atoms with Gasteiger partial charge in [0.1, 0.15) is 0 Å². The van der Waals surface area contributed by atoms with Gasteiger partial charge in [-0.25, -0.2) is 9.97 Å². The molecule has 0 saturated carbocycles. The highest BCUT2D eigenvalue weighted by molar-refractivity contribution is 9.10. The molecule has 0 amide bonds. The molecule has 8 bridgehead atoms. The molecule has 6 heteroatoms. The van der Waals surface area contributed by atoms with Crippen LogP contribution >= 0.6 is 31.9 Å². The molecule has 0 spiro atoms. The van der Waals surface area contributed by atoms with E-state index in [1.54, 1.807) is 0 Å². The molecule has 0 atom stereocenters. The Kier molecular flexibility index (Phi) is 5.72. The van der Waals surface area contributed by atoms with Crippen molar-refractivity contribution in [1.82, 2.24) is 19.1 Å². The molecular weight excluding hydrogens is 600 g/mol. The van der Waals surface area contributed by atoms with Crippen LogP contribution in [-0.4, -0.2) is 19.1 Å². The van der Waals surface area contributed by atoms with Crippen molar-refractivity contribution in [2.75, 3.05) is 0 Å². The lowest BCUT2D eigenvalue weighted by atomic mass is 10.3. The third-order valence-electron chi connectivity index (χ3n) is 6.60. The maximum absolute atomic E-state index is 4.93. The Morgan fingerprint density at radius 2 is 0.684 bits per heavy atom. The van der Waals surface area contributed by atoms with Gasteiger partial charge >= 0.3 is 0 Å². The molecule has 2 aromatic carbocycles. The van der Waals surface area contributed by atoms with Crippen molar-refractivity contribution in [2.24, 2.45) is 0 Å². The van der Waals surface area contributed by atoms with Gasteiger partial charge in [-0.15, -0.1) is 0 Å². The van der Waals surface area contributed by atoms with Crippen molar-refractivity contribution in [2.45, 2.75) is 0 Å². The summed E-state index contributed by atoms with van der Waals surface area (Å²) in [7, 11) is 0. The lowest BCUT2D eigenvalue weighted by Crippen LogP contribution is -1.93. The molecule has 0 aliphatic carbocycles. The smallest absolute Gasteiger partial charge is 0.0658 e. The first-order valence-corrected chi connectivity index (χ1v) is 13.8. The average molecular weight is 620 g/mol. The maximum atomic E-state index is 4.93. The van der Waals surface area contributed by atoms with E-state index in [0.29, 0.717) is 0 Å². The SMILES string of the molecule is Brc1ccc(-n2c3ccc2cc2nc(cc4ccc(cc5nc(c3)C=C5)n4-c3ccc(Br)cc3)C=C2)cc1. The largest absolute Gasteiger partial charge is 0.310 e. The number of hydrogen-bond acceptors (Lipinski definition) is 2. The van der Waals surface area contributed by atoms with E-state index in [0.717, 1.165) is 65.2 Å². The third kappa shape index (κ3) is 4.36. The fourth-order valence-corrected chi connectivity index (χ4v) is 5.41. The number of halogens is 2. The molecule has 2 aliphatic heterocycles. The van der Waals surface area contributed by atoms with Gasteiger partial charge in [0.05, 0.1) is 22.8 Å². The summed E-state index contributed by atoms with van der Waals surface area (Å²) in [5.41, 5.74) is 10.00. The van der Waals surface area contributed by atoms with Gasteiger partial charge in [-0.2, -0.15) is 0 Å². The second-order valence-corrected chi connectivity index (χ2v) is 11.0. The van der Waals surface area contributed by atoms with E-state index >= 15 is 0 Å². The van der Waals surface area contributed by atoms with Crippen LogP contribution in [0.4, 0.5) is 0 Å². The highest BCUT2D eigenvalue weighted by Crippen LogP contribution is 2.26. The molecule has 5 aromatic rings. The summed E-state index contributed by atoms with van der Waals surface area (Å²) in [5, 5.41) is 0. The fraction of sp³-hybridized carbons (Fsp3) is 0. The lowest BCUT2D eigenvalue weighted by molar-refractivity contribution is 1.16. The van der Waals surface area contributed by atoms with E-state index < -0.39 is 0 Å². The van der Waals surface area contributed by atoms with Crippen LogP contribution in [0.15, 0.2) is 106 Å². The maximum Gasteiger partial charge on any atom is 0.0658 e. The second kappa shape index (κ2) is 9.39. The van der Waals surface area contributed by atoms with Crippen LogP contribution in [0.1, 0.15) is 22.8 Å². The zero-order valence-electron chi connectivity index (χ0n) is 20.1. The molecule has 0 unspecified atom stereocenters. The monoisotopic (exact) mass is 618 g/mol. The van der Waals surface area contributed by atoms with Crippen molar-refractivity contribution in [3.05, 3.63) is 129 Å². The molecule has 7 rings (SSSR count). The van der Waals surface area contributed by atoms with Crippen LogP contribution in [0, 0.1) is 0 Å². The van der Waals surface area contributed by atoms with Gasteiger partial charge in [-0.05, 0) is 121 Å². The number of fused-ring (bicyclic) bond motifs is 8. The molecule has 0 fully saturated rings. The molecule has 4 nitrogen and oxygen atoms in total. The topological polar surface area (TPSA) is 35.6 Å². The van der Waals surface area contributed by atoms with Gasteiger partial charge in [0, 0.05) is 42.4 Å². The highest BCUT2D eigenvalue weighted by Gasteiger charge is 2.09. The first-order chi connectivity index (χ1) is 18.6. The quantitative estimate of drug-likeness (QED) is 0.193. The number of aromatic nitrogens is 4. The summed E-state index contributed by atoms with van der Waals surface area (Å²) in [4.78, 5) is 9.86. The van der Waals surface area contributed by atoms with Gasteiger partial charge in [-0.3, -0.25) is 0 Å². The molecular formula is C32H20Br2N4. The lowest BCUT2D eigenvalue weighted by Gasteiger charge is -2.07. The Morgan fingerprint density at radius 1 is 0.395 bits per heavy atom. The van der Waals surface area contributed by atoms with Crippen molar-refractivity contribution in [1.29, 1.82) is 0 Å². The number of rotatable bonds is 2. The van der Waals surface area contributed by atoms with Crippen LogP contribution in [0.25, 0.3) is 57.7 Å². The minimum absolute atomic E-state index is 0.911. The summed E-state index contributed by atoms with van der Waals surface area (Å²) in [6, 6.07) is 33.7. The normalized spacial score (nSPS) is 12.3.